The second kappa shape index (κ2) is 1.62. The molecule has 9 heavy (non-hydrogen) atoms. The molecule has 1 aliphatic heterocycles. The summed E-state index contributed by atoms with van der Waals surface area (Å²) in [6.45, 7) is -0.0625. The summed E-state index contributed by atoms with van der Waals surface area (Å²) in [5.74, 6) is 0. The van der Waals surface area contributed by atoms with E-state index in [2.05, 4.69) is 0 Å². The van der Waals surface area contributed by atoms with Crippen molar-refractivity contribution in [1.82, 2.24) is 0 Å². The van der Waals surface area contributed by atoms with Crippen LogP contribution in [0.15, 0.2) is 0 Å². The minimum atomic E-state index is -3.14. The second-order valence-corrected chi connectivity index (χ2v) is 2.56. The first-order valence-electron chi connectivity index (χ1n) is 2.89. The maximum atomic E-state index is 12.6. The molecule has 0 aromatic carbocycles. The fourth-order valence-electron chi connectivity index (χ4n) is 0.985. The summed E-state index contributed by atoms with van der Waals surface area (Å²) in [4.78, 5) is 0. The number of rotatable bonds is 0. The van der Waals surface area contributed by atoms with Crippen molar-refractivity contribution in [2.24, 2.45) is 0 Å². The number of alkyl halides is 2. The second-order valence-electron chi connectivity index (χ2n) is 2.56. The molecule has 1 fully saturated rings. The fraction of sp³-hybridized carbons (Fsp3) is 1.00. The predicted octanol–water partition coefficient (Wildman–Crippen LogP) is 1.70. The molecule has 54 valence electrons. The zero-order valence-corrected chi connectivity index (χ0v) is 5.20. The summed E-state index contributed by atoms with van der Waals surface area (Å²) < 4.78 is 35.6. The maximum Gasteiger partial charge on any atom is 0.425 e. The number of quaternary nitrogens is 1. The highest BCUT2D eigenvalue weighted by Gasteiger charge is 2.57. The van der Waals surface area contributed by atoms with Gasteiger partial charge in [-0.25, -0.2) is 0 Å². The van der Waals surface area contributed by atoms with Gasteiger partial charge in [0, 0.05) is 10.9 Å². The summed E-state index contributed by atoms with van der Waals surface area (Å²) in [7, 11) is 0.910. The molecular formula is C5H9F3N+. The number of hydrogen-bond donors (Lipinski definition) is 0. The predicted molar refractivity (Wildman–Crippen MR) is 26.3 cm³/mol. The van der Waals surface area contributed by atoms with Gasteiger partial charge < -0.3 is 0 Å². The third-order valence-electron chi connectivity index (χ3n) is 1.74. The molecule has 1 saturated heterocycles. The molecule has 1 rings (SSSR count). The monoisotopic (exact) mass is 140 g/mol. The average molecular weight is 140 g/mol. The molecule has 0 N–H and O–H groups in total. The standard InChI is InChI=1S/C5H9F3N/c1-9(8)4-2-3-5(9,6)7/h2-4H2,1H3/q+1. The van der Waals surface area contributed by atoms with E-state index in [9.17, 15) is 13.3 Å². The van der Waals surface area contributed by atoms with Gasteiger partial charge in [0.25, 0.3) is 0 Å². The molecule has 1 unspecified atom stereocenters. The Hall–Kier alpha value is -0.250. The Morgan fingerprint density at radius 3 is 2.11 bits per heavy atom. The minimum absolute atomic E-state index is 0.0625. The highest BCUT2D eigenvalue weighted by atomic mass is 19.3. The van der Waals surface area contributed by atoms with Crippen molar-refractivity contribution in [3.05, 3.63) is 0 Å². The number of halogens is 3. The quantitative estimate of drug-likeness (QED) is 0.355. The topological polar surface area (TPSA) is 0 Å². The van der Waals surface area contributed by atoms with Gasteiger partial charge in [0.15, 0.2) is 0 Å². The van der Waals surface area contributed by atoms with Crippen molar-refractivity contribution in [2.75, 3.05) is 13.6 Å². The molecule has 0 aromatic heterocycles. The van der Waals surface area contributed by atoms with Gasteiger partial charge in [0.2, 0.25) is 0 Å². The first-order valence-corrected chi connectivity index (χ1v) is 2.89. The van der Waals surface area contributed by atoms with Crippen LogP contribution in [0.25, 0.3) is 0 Å². The van der Waals surface area contributed by atoms with E-state index in [1.807, 2.05) is 0 Å². The Labute approximate surface area is 51.6 Å². The van der Waals surface area contributed by atoms with E-state index < -0.39 is 10.8 Å². The van der Waals surface area contributed by atoms with Crippen LogP contribution < -0.4 is 0 Å². The first-order chi connectivity index (χ1) is 3.96. The molecule has 0 aromatic rings. The fourth-order valence-corrected chi connectivity index (χ4v) is 0.985. The lowest BCUT2D eigenvalue weighted by atomic mass is 10.4. The third kappa shape index (κ3) is 0.913. The van der Waals surface area contributed by atoms with Gasteiger partial charge >= 0.3 is 6.05 Å². The zero-order chi connectivity index (χ0) is 7.12. The van der Waals surface area contributed by atoms with Gasteiger partial charge in [-0.15, -0.1) is 8.78 Å². The Kier molecular flexibility index (Phi) is 1.24. The Balaban J connectivity index is 2.75. The van der Waals surface area contributed by atoms with E-state index in [0.717, 1.165) is 7.05 Å². The normalized spacial score (nSPS) is 41.3. The van der Waals surface area contributed by atoms with Crippen molar-refractivity contribution in [2.45, 2.75) is 18.9 Å². The van der Waals surface area contributed by atoms with Gasteiger partial charge in [-0.2, -0.15) is 0 Å². The molecule has 0 spiro atoms. The molecule has 1 aliphatic rings. The first kappa shape index (κ1) is 6.86. The SMILES string of the molecule is C[N+]1(F)CCCC1(F)F. The van der Waals surface area contributed by atoms with Crippen molar-refractivity contribution in [3.63, 3.8) is 0 Å². The third-order valence-corrected chi connectivity index (χ3v) is 1.74. The van der Waals surface area contributed by atoms with Crippen molar-refractivity contribution < 1.29 is 18.0 Å². The van der Waals surface area contributed by atoms with Crippen LogP contribution in [0.4, 0.5) is 13.3 Å². The molecule has 1 nitrogen and oxygen atoms in total. The average Bonchev–Trinajstić information content (AvgIpc) is 1.81. The van der Waals surface area contributed by atoms with Crippen LogP contribution in [0.3, 0.4) is 0 Å². The van der Waals surface area contributed by atoms with Crippen LogP contribution in [0, 0.1) is 0 Å². The zero-order valence-electron chi connectivity index (χ0n) is 5.20. The molecular weight excluding hydrogens is 131 g/mol. The summed E-state index contributed by atoms with van der Waals surface area (Å²) in [6.07, 6.45) is -0.0417. The van der Waals surface area contributed by atoms with Crippen LogP contribution in [0.5, 0.6) is 0 Å². The van der Waals surface area contributed by atoms with Gasteiger partial charge in [-0.05, 0) is 0 Å². The molecule has 0 saturated carbocycles. The van der Waals surface area contributed by atoms with E-state index in [1.165, 1.54) is 0 Å². The minimum Gasteiger partial charge on any atom is -0.145 e. The Morgan fingerprint density at radius 2 is 2.00 bits per heavy atom. The van der Waals surface area contributed by atoms with Crippen LogP contribution >= 0.6 is 0 Å². The van der Waals surface area contributed by atoms with Crippen molar-refractivity contribution >= 4 is 0 Å². The van der Waals surface area contributed by atoms with Gasteiger partial charge in [0.1, 0.15) is 13.6 Å². The van der Waals surface area contributed by atoms with Crippen molar-refractivity contribution in [1.29, 1.82) is 0 Å². The summed E-state index contributed by atoms with van der Waals surface area (Å²) in [6, 6.07) is -3.14. The molecule has 1 atom stereocenters. The van der Waals surface area contributed by atoms with E-state index in [4.69, 9.17) is 0 Å². The number of likely N-dealkylation sites (tertiary alicyclic amines) is 1. The molecule has 0 radical (unpaired) electrons. The summed E-state index contributed by atoms with van der Waals surface area (Å²) in [5, 5.41) is 0. The van der Waals surface area contributed by atoms with Crippen LogP contribution in [0.2, 0.25) is 0 Å². The molecule has 0 aliphatic carbocycles. The largest absolute Gasteiger partial charge is 0.425 e. The lowest BCUT2D eigenvalue weighted by Crippen LogP contribution is -2.45. The van der Waals surface area contributed by atoms with Gasteiger partial charge in [0.05, 0.1) is 6.42 Å². The highest BCUT2D eigenvalue weighted by Crippen LogP contribution is 2.38. The summed E-state index contributed by atoms with van der Waals surface area (Å²) in [5.41, 5.74) is 0. The Morgan fingerprint density at radius 1 is 1.44 bits per heavy atom. The molecule has 0 amide bonds. The van der Waals surface area contributed by atoms with Crippen LogP contribution in [-0.4, -0.2) is 24.3 Å². The lowest BCUT2D eigenvalue weighted by Gasteiger charge is -2.21. The Bertz CT molecular complexity index is 107. The van der Waals surface area contributed by atoms with Crippen LogP contribution in [-0.2, 0) is 0 Å². The van der Waals surface area contributed by atoms with E-state index in [0.29, 0.717) is 0 Å². The lowest BCUT2D eigenvalue weighted by molar-refractivity contribution is -1.10. The number of nitrogens with zero attached hydrogens (tertiary/aromatic N) is 1. The van der Waals surface area contributed by atoms with Gasteiger partial charge in [-0.1, -0.05) is 4.71 Å². The smallest absolute Gasteiger partial charge is 0.145 e. The van der Waals surface area contributed by atoms with Crippen molar-refractivity contribution in [3.8, 4) is 0 Å². The molecule has 1 heterocycles. The van der Waals surface area contributed by atoms with E-state index >= 15 is 0 Å². The van der Waals surface area contributed by atoms with E-state index in [1.54, 1.807) is 0 Å². The molecule has 0 bridgehead atoms. The summed E-state index contributed by atoms with van der Waals surface area (Å²) >= 11 is 0. The highest BCUT2D eigenvalue weighted by molar-refractivity contribution is 4.59. The van der Waals surface area contributed by atoms with Gasteiger partial charge in [-0.3, -0.25) is 0 Å². The molecule has 4 heteroatoms. The maximum absolute atomic E-state index is 12.6. The number of hydrogen-bond acceptors (Lipinski definition) is 0. The van der Waals surface area contributed by atoms with Crippen LogP contribution in [0.1, 0.15) is 12.8 Å². The van der Waals surface area contributed by atoms with E-state index in [-0.39, 0.29) is 19.4 Å².